The van der Waals surface area contributed by atoms with E-state index in [1.165, 1.54) is 30.4 Å². The molecule has 1 aromatic carbocycles. The molecule has 0 amide bonds. The van der Waals surface area contributed by atoms with E-state index in [4.69, 9.17) is 5.73 Å². The van der Waals surface area contributed by atoms with Gasteiger partial charge in [0.2, 0.25) is 0 Å². The van der Waals surface area contributed by atoms with Crippen molar-refractivity contribution in [1.29, 1.82) is 0 Å². The van der Waals surface area contributed by atoms with Crippen LogP contribution in [-0.4, -0.2) is 34.5 Å². The van der Waals surface area contributed by atoms with Crippen molar-refractivity contribution < 1.29 is 4.21 Å². The summed E-state index contributed by atoms with van der Waals surface area (Å²) in [5.74, 6) is 1.42. The van der Waals surface area contributed by atoms with Crippen molar-refractivity contribution >= 4 is 10.8 Å². The average Bonchev–Trinajstić information content (AvgIpc) is 2.63. The molecule has 2 N–H and O–H groups in total. The van der Waals surface area contributed by atoms with E-state index in [0.717, 1.165) is 30.5 Å². The predicted octanol–water partition coefficient (Wildman–Crippen LogP) is 3.93. The van der Waals surface area contributed by atoms with Gasteiger partial charge in [-0.3, -0.25) is 4.21 Å². The van der Waals surface area contributed by atoms with Gasteiger partial charge in [-0.05, 0) is 69.8 Å². The van der Waals surface area contributed by atoms with Crippen LogP contribution in [0.4, 0.5) is 0 Å². The van der Waals surface area contributed by atoms with Crippen LogP contribution in [0.3, 0.4) is 0 Å². The summed E-state index contributed by atoms with van der Waals surface area (Å²) < 4.78 is 12.4. The van der Waals surface area contributed by atoms with Crippen LogP contribution in [-0.2, 0) is 17.2 Å². The molecule has 0 radical (unpaired) electrons. The Labute approximate surface area is 161 Å². The standard InChI is InChI=1S/C22H32N2OS/c1-4-22(10-7-19(3)23)26(25)16-15-24-13-11-21(12-14-24)17-20-8-5-18(2)6-9-20/h4-10,21H,1,11-17,23H2,2-3H3/b19-7+,22-10+. The molecule has 1 saturated heterocycles. The minimum atomic E-state index is -1.02. The number of piperidine rings is 1. The molecule has 1 heterocycles. The van der Waals surface area contributed by atoms with Crippen LogP contribution < -0.4 is 5.73 Å². The molecule has 4 heteroatoms. The van der Waals surface area contributed by atoms with Crippen molar-refractivity contribution in [3.05, 3.63) is 70.8 Å². The Morgan fingerprint density at radius 2 is 1.92 bits per heavy atom. The molecule has 0 spiro atoms. The van der Waals surface area contributed by atoms with Gasteiger partial charge in [-0.2, -0.15) is 0 Å². The highest BCUT2D eigenvalue weighted by molar-refractivity contribution is 7.89. The lowest BCUT2D eigenvalue weighted by Gasteiger charge is -2.32. The van der Waals surface area contributed by atoms with Gasteiger partial charge in [0.25, 0.3) is 0 Å². The summed E-state index contributed by atoms with van der Waals surface area (Å²) in [6.07, 6.45) is 8.88. The number of likely N-dealkylation sites (tertiary alicyclic amines) is 1. The molecule has 26 heavy (non-hydrogen) atoms. The Hall–Kier alpha value is -1.65. The molecule has 142 valence electrons. The third kappa shape index (κ3) is 6.93. The molecule has 1 unspecified atom stereocenters. The molecule has 1 aliphatic heterocycles. The summed E-state index contributed by atoms with van der Waals surface area (Å²) in [5.41, 5.74) is 9.11. The van der Waals surface area contributed by atoms with Crippen LogP contribution in [0, 0.1) is 12.8 Å². The number of aryl methyl sites for hydroxylation is 1. The second-order valence-electron chi connectivity index (χ2n) is 7.21. The summed E-state index contributed by atoms with van der Waals surface area (Å²) in [6.45, 7) is 10.8. The first-order valence-electron chi connectivity index (χ1n) is 9.40. The fourth-order valence-electron chi connectivity index (χ4n) is 3.25. The largest absolute Gasteiger partial charge is 0.402 e. The summed E-state index contributed by atoms with van der Waals surface area (Å²) in [5, 5.41) is 0. The van der Waals surface area contributed by atoms with E-state index >= 15 is 0 Å². The second kappa shape index (κ2) is 10.5. The number of allylic oxidation sites excluding steroid dienone is 4. The fraction of sp³-hybridized carbons (Fsp3) is 0.455. The zero-order valence-corrected chi connectivity index (χ0v) is 16.9. The lowest BCUT2D eigenvalue weighted by Crippen LogP contribution is -2.36. The van der Waals surface area contributed by atoms with Crippen molar-refractivity contribution in [2.24, 2.45) is 11.7 Å². The van der Waals surface area contributed by atoms with Crippen LogP contribution in [0.5, 0.6) is 0 Å². The predicted molar refractivity (Wildman–Crippen MR) is 113 cm³/mol. The third-order valence-electron chi connectivity index (χ3n) is 4.92. The fourth-order valence-corrected chi connectivity index (χ4v) is 4.32. The van der Waals surface area contributed by atoms with Crippen molar-refractivity contribution in [2.75, 3.05) is 25.4 Å². The van der Waals surface area contributed by atoms with Crippen LogP contribution in [0.15, 0.2) is 59.7 Å². The van der Waals surface area contributed by atoms with Gasteiger partial charge in [0.1, 0.15) is 0 Å². The second-order valence-corrected chi connectivity index (χ2v) is 8.78. The Kier molecular flexibility index (Phi) is 8.33. The minimum absolute atomic E-state index is 0.651. The summed E-state index contributed by atoms with van der Waals surface area (Å²) in [4.78, 5) is 3.19. The van der Waals surface area contributed by atoms with E-state index in [1.807, 2.05) is 13.0 Å². The van der Waals surface area contributed by atoms with Gasteiger partial charge < -0.3 is 10.6 Å². The Bertz CT molecular complexity index is 664. The monoisotopic (exact) mass is 372 g/mol. The van der Waals surface area contributed by atoms with Crippen LogP contribution in [0.25, 0.3) is 0 Å². The maximum atomic E-state index is 12.4. The number of hydrogen-bond acceptors (Lipinski definition) is 3. The van der Waals surface area contributed by atoms with Crippen LogP contribution >= 0.6 is 0 Å². The summed E-state index contributed by atoms with van der Waals surface area (Å²) in [7, 11) is -1.02. The minimum Gasteiger partial charge on any atom is -0.402 e. The van der Waals surface area contributed by atoms with E-state index in [1.54, 1.807) is 12.2 Å². The lowest BCUT2D eigenvalue weighted by atomic mass is 9.90. The molecule has 1 fully saturated rings. The molecule has 0 aromatic heterocycles. The molecular formula is C22H32N2OS. The molecule has 0 aliphatic carbocycles. The molecule has 1 aromatic rings. The number of benzene rings is 1. The maximum absolute atomic E-state index is 12.4. The van der Waals surface area contributed by atoms with Crippen molar-refractivity contribution in [2.45, 2.75) is 33.1 Å². The van der Waals surface area contributed by atoms with E-state index in [2.05, 4.69) is 42.7 Å². The smallest absolute Gasteiger partial charge is 0.0542 e. The molecule has 0 bridgehead atoms. The zero-order valence-electron chi connectivity index (χ0n) is 16.1. The number of nitrogens with zero attached hydrogens (tertiary/aromatic N) is 1. The van der Waals surface area contributed by atoms with Gasteiger partial charge in [0.05, 0.1) is 10.8 Å². The molecule has 1 aliphatic rings. The molecule has 0 saturated carbocycles. The van der Waals surface area contributed by atoms with E-state index < -0.39 is 10.8 Å². The normalized spacial score (nSPS) is 18.7. The highest BCUT2D eigenvalue weighted by Gasteiger charge is 2.20. The van der Waals surface area contributed by atoms with Gasteiger partial charge in [0, 0.05) is 22.9 Å². The molecular weight excluding hydrogens is 340 g/mol. The van der Waals surface area contributed by atoms with Crippen LogP contribution in [0.1, 0.15) is 30.9 Å². The Balaban J connectivity index is 1.75. The molecule has 1 atom stereocenters. The van der Waals surface area contributed by atoms with E-state index in [0.29, 0.717) is 11.4 Å². The summed E-state index contributed by atoms with van der Waals surface area (Å²) in [6, 6.07) is 8.91. The van der Waals surface area contributed by atoms with E-state index in [9.17, 15) is 4.21 Å². The molecule has 3 nitrogen and oxygen atoms in total. The lowest BCUT2D eigenvalue weighted by molar-refractivity contribution is 0.193. The maximum Gasteiger partial charge on any atom is 0.0542 e. The number of rotatable bonds is 8. The van der Waals surface area contributed by atoms with E-state index in [-0.39, 0.29) is 0 Å². The highest BCUT2D eigenvalue weighted by Crippen LogP contribution is 2.22. The number of nitrogens with two attached hydrogens (primary N) is 1. The van der Waals surface area contributed by atoms with Gasteiger partial charge in [-0.1, -0.05) is 42.5 Å². The zero-order chi connectivity index (χ0) is 18.9. The Morgan fingerprint density at radius 3 is 2.50 bits per heavy atom. The third-order valence-corrected chi connectivity index (χ3v) is 6.30. The van der Waals surface area contributed by atoms with Crippen molar-refractivity contribution in [3.8, 4) is 0 Å². The topological polar surface area (TPSA) is 46.3 Å². The van der Waals surface area contributed by atoms with Crippen molar-refractivity contribution in [1.82, 2.24) is 4.90 Å². The van der Waals surface area contributed by atoms with Gasteiger partial charge in [-0.15, -0.1) is 0 Å². The first kappa shape index (κ1) is 20.7. The highest BCUT2D eigenvalue weighted by atomic mass is 32.2. The first-order valence-corrected chi connectivity index (χ1v) is 10.7. The number of hydrogen-bond donors (Lipinski definition) is 1. The van der Waals surface area contributed by atoms with Gasteiger partial charge in [0.15, 0.2) is 0 Å². The Morgan fingerprint density at radius 1 is 1.27 bits per heavy atom. The van der Waals surface area contributed by atoms with Gasteiger partial charge >= 0.3 is 0 Å². The van der Waals surface area contributed by atoms with Crippen molar-refractivity contribution in [3.63, 3.8) is 0 Å². The quantitative estimate of drug-likeness (QED) is 0.703. The van der Waals surface area contributed by atoms with Gasteiger partial charge in [-0.25, -0.2) is 0 Å². The average molecular weight is 373 g/mol. The van der Waals surface area contributed by atoms with Crippen LogP contribution in [0.2, 0.25) is 0 Å². The molecule has 2 rings (SSSR count). The SMILES string of the molecule is C=C/C(=C\C=C(/C)N)S(=O)CCN1CCC(Cc2ccc(C)cc2)CC1. The summed E-state index contributed by atoms with van der Waals surface area (Å²) >= 11 is 0. The first-order chi connectivity index (χ1) is 12.5.